The van der Waals surface area contributed by atoms with Gasteiger partial charge in [0.25, 0.3) is 0 Å². The quantitative estimate of drug-likeness (QED) is 0.635. The molecule has 0 amide bonds. The third kappa shape index (κ3) is 4.00. The van der Waals surface area contributed by atoms with Gasteiger partial charge in [-0.15, -0.1) is 0 Å². The monoisotopic (exact) mass is 216 g/mol. The summed E-state index contributed by atoms with van der Waals surface area (Å²) in [6.07, 6.45) is 9.59. The Balaban J connectivity index is 2.39. The summed E-state index contributed by atoms with van der Waals surface area (Å²) in [5.74, 6) is 1.03. The second-order valence-electron chi connectivity index (χ2n) is 4.49. The van der Waals surface area contributed by atoms with Crippen LogP contribution >= 0.6 is 11.6 Å². The summed E-state index contributed by atoms with van der Waals surface area (Å²) in [5.41, 5.74) is 0. The van der Waals surface area contributed by atoms with E-state index < -0.39 is 0 Å². The molecular weight excluding hydrogens is 196 g/mol. The first-order chi connectivity index (χ1) is 6.74. The average Bonchev–Trinajstić information content (AvgIpc) is 2.28. The van der Waals surface area contributed by atoms with Crippen LogP contribution in [0.2, 0.25) is 0 Å². The van der Waals surface area contributed by atoms with E-state index in [4.69, 9.17) is 11.6 Å². The molecule has 0 heterocycles. The molecule has 1 aliphatic rings. The highest BCUT2D eigenvalue weighted by Crippen LogP contribution is 2.27. The van der Waals surface area contributed by atoms with Crippen LogP contribution in [0.3, 0.4) is 0 Å². The Morgan fingerprint density at radius 3 is 2.36 bits per heavy atom. The number of halogens is 1. The molecule has 0 N–H and O–H groups in total. The highest BCUT2D eigenvalue weighted by molar-refractivity contribution is 6.63. The van der Waals surface area contributed by atoms with Crippen molar-refractivity contribution in [2.24, 2.45) is 11.8 Å². The molecule has 0 saturated heterocycles. The minimum Gasteiger partial charge on any atom is -0.281 e. The predicted molar refractivity (Wildman–Crippen MR) is 60.5 cm³/mol. The molecule has 82 valence electrons. The highest BCUT2D eigenvalue weighted by atomic mass is 35.5. The molecule has 0 aromatic heterocycles. The van der Waals surface area contributed by atoms with Gasteiger partial charge in [0.1, 0.15) is 0 Å². The predicted octanol–water partition coefficient (Wildman–Crippen LogP) is 4.14. The maximum Gasteiger partial charge on any atom is 0.224 e. The Kier molecular flexibility index (Phi) is 5.54. The molecule has 2 atom stereocenters. The van der Waals surface area contributed by atoms with E-state index in [-0.39, 0.29) is 11.2 Å². The van der Waals surface area contributed by atoms with E-state index in [1.807, 2.05) is 0 Å². The third-order valence-electron chi connectivity index (χ3n) is 3.48. The van der Waals surface area contributed by atoms with E-state index in [1.54, 1.807) is 0 Å². The Labute approximate surface area is 92.2 Å². The first-order valence-electron chi connectivity index (χ1n) is 5.93. The number of carbonyl (C=O) groups is 1. The van der Waals surface area contributed by atoms with Gasteiger partial charge in [-0.05, 0) is 30.4 Å². The minimum absolute atomic E-state index is 0.111. The van der Waals surface area contributed by atoms with Crippen LogP contribution in [-0.4, -0.2) is 5.24 Å². The van der Waals surface area contributed by atoms with Crippen LogP contribution in [0, 0.1) is 11.8 Å². The zero-order valence-corrected chi connectivity index (χ0v) is 9.85. The van der Waals surface area contributed by atoms with Gasteiger partial charge in [-0.25, -0.2) is 0 Å². The first-order valence-corrected chi connectivity index (χ1v) is 6.31. The molecule has 0 aliphatic heterocycles. The zero-order chi connectivity index (χ0) is 10.4. The van der Waals surface area contributed by atoms with Crippen molar-refractivity contribution in [2.45, 2.75) is 58.3 Å². The standard InChI is InChI=1S/C12H21ClO/c1-2-10-6-3-4-8-11(12(13)14)9-5-7-10/h10-11H,2-9H2,1H3. The lowest BCUT2D eigenvalue weighted by molar-refractivity contribution is -0.115. The number of hydrogen-bond acceptors (Lipinski definition) is 1. The van der Waals surface area contributed by atoms with Crippen molar-refractivity contribution in [1.82, 2.24) is 0 Å². The maximum atomic E-state index is 11.1. The number of carbonyl (C=O) groups excluding carboxylic acids is 1. The average molecular weight is 217 g/mol. The molecule has 2 heteroatoms. The lowest BCUT2D eigenvalue weighted by atomic mass is 9.94. The largest absolute Gasteiger partial charge is 0.281 e. The molecule has 1 nitrogen and oxygen atoms in total. The molecule has 2 unspecified atom stereocenters. The van der Waals surface area contributed by atoms with Crippen molar-refractivity contribution in [3.63, 3.8) is 0 Å². The summed E-state index contributed by atoms with van der Waals surface area (Å²) >= 11 is 5.57. The summed E-state index contributed by atoms with van der Waals surface area (Å²) in [4.78, 5) is 11.1. The van der Waals surface area contributed by atoms with Crippen molar-refractivity contribution >= 4 is 16.8 Å². The molecule has 14 heavy (non-hydrogen) atoms. The summed E-state index contributed by atoms with van der Waals surface area (Å²) in [6, 6.07) is 0. The lowest BCUT2D eigenvalue weighted by Crippen LogP contribution is -2.08. The molecule has 1 rings (SSSR count). The Bertz CT molecular complexity index is 179. The van der Waals surface area contributed by atoms with E-state index in [2.05, 4.69) is 6.92 Å². The number of hydrogen-bond donors (Lipinski definition) is 0. The van der Waals surface area contributed by atoms with Crippen molar-refractivity contribution in [3.8, 4) is 0 Å². The van der Waals surface area contributed by atoms with Gasteiger partial charge in [0, 0.05) is 5.92 Å². The lowest BCUT2D eigenvalue weighted by Gasteiger charge is -2.12. The molecule has 0 aromatic carbocycles. The minimum atomic E-state index is -0.111. The normalized spacial score (nSPS) is 30.1. The molecule has 1 fully saturated rings. The van der Waals surface area contributed by atoms with Crippen LogP contribution in [0.4, 0.5) is 0 Å². The maximum absolute atomic E-state index is 11.1. The molecule has 0 aromatic rings. The molecule has 1 aliphatic carbocycles. The Hall–Kier alpha value is -0.0400. The second-order valence-corrected chi connectivity index (χ2v) is 4.86. The molecule has 0 spiro atoms. The van der Waals surface area contributed by atoms with Gasteiger partial charge < -0.3 is 0 Å². The second kappa shape index (κ2) is 6.44. The SMILES string of the molecule is CCC1CCCCC(C(=O)Cl)CCC1. The van der Waals surface area contributed by atoms with Crippen LogP contribution in [0.5, 0.6) is 0 Å². The van der Waals surface area contributed by atoms with Gasteiger partial charge in [0.05, 0.1) is 0 Å². The fourth-order valence-corrected chi connectivity index (χ4v) is 2.62. The van der Waals surface area contributed by atoms with Crippen LogP contribution in [0.25, 0.3) is 0 Å². The third-order valence-corrected chi connectivity index (χ3v) is 3.79. The summed E-state index contributed by atoms with van der Waals surface area (Å²) in [5, 5.41) is -0.111. The van der Waals surface area contributed by atoms with Gasteiger partial charge in [0.15, 0.2) is 0 Å². The van der Waals surface area contributed by atoms with Gasteiger partial charge in [-0.1, -0.05) is 45.4 Å². The Morgan fingerprint density at radius 2 is 1.71 bits per heavy atom. The number of rotatable bonds is 2. The van der Waals surface area contributed by atoms with E-state index in [0.29, 0.717) is 0 Å². The molecule has 0 radical (unpaired) electrons. The van der Waals surface area contributed by atoms with Crippen LogP contribution in [0.1, 0.15) is 58.3 Å². The Morgan fingerprint density at radius 1 is 1.14 bits per heavy atom. The zero-order valence-electron chi connectivity index (χ0n) is 9.10. The highest BCUT2D eigenvalue weighted by Gasteiger charge is 2.18. The van der Waals surface area contributed by atoms with Gasteiger partial charge in [-0.3, -0.25) is 4.79 Å². The van der Waals surface area contributed by atoms with Crippen LogP contribution in [0.15, 0.2) is 0 Å². The topological polar surface area (TPSA) is 17.1 Å². The molecule has 1 saturated carbocycles. The fourth-order valence-electron chi connectivity index (χ4n) is 2.40. The molecule has 0 bridgehead atoms. The van der Waals surface area contributed by atoms with E-state index in [1.165, 1.54) is 38.5 Å². The summed E-state index contributed by atoms with van der Waals surface area (Å²) in [6.45, 7) is 2.27. The van der Waals surface area contributed by atoms with Crippen molar-refractivity contribution < 1.29 is 4.79 Å². The smallest absolute Gasteiger partial charge is 0.224 e. The van der Waals surface area contributed by atoms with Gasteiger partial charge >= 0.3 is 0 Å². The van der Waals surface area contributed by atoms with Crippen molar-refractivity contribution in [1.29, 1.82) is 0 Å². The molecular formula is C12H21ClO. The van der Waals surface area contributed by atoms with Gasteiger partial charge in [0.2, 0.25) is 5.24 Å². The first kappa shape index (κ1) is 12.0. The van der Waals surface area contributed by atoms with E-state index in [9.17, 15) is 4.79 Å². The van der Waals surface area contributed by atoms with Gasteiger partial charge in [-0.2, -0.15) is 0 Å². The fraction of sp³-hybridized carbons (Fsp3) is 0.917. The van der Waals surface area contributed by atoms with Crippen LogP contribution in [-0.2, 0) is 4.79 Å². The van der Waals surface area contributed by atoms with E-state index >= 15 is 0 Å². The summed E-state index contributed by atoms with van der Waals surface area (Å²) in [7, 11) is 0. The van der Waals surface area contributed by atoms with Crippen LogP contribution < -0.4 is 0 Å². The van der Waals surface area contributed by atoms with E-state index in [0.717, 1.165) is 18.8 Å². The van der Waals surface area contributed by atoms with Crippen molar-refractivity contribution in [3.05, 3.63) is 0 Å². The van der Waals surface area contributed by atoms with Crippen molar-refractivity contribution in [2.75, 3.05) is 0 Å². The summed E-state index contributed by atoms with van der Waals surface area (Å²) < 4.78 is 0.